The van der Waals surface area contributed by atoms with Gasteiger partial charge in [0, 0.05) is 17.8 Å². The number of rotatable bonds is 3. The van der Waals surface area contributed by atoms with E-state index in [1.165, 1.54) is 0 Å². The van der Waals surface area contributed by atoms with E-state index >= 15 is 0 Å². The van der Waals surface area contributed by atoms with Gasteiger partial charge < -0.3 is 5.32 Å². The van der Waals surface area contributed by atoms with Crippen molar-refractivity contribution in [1.82, 2.24) is 4.98 Å². The zero-order valence-electron chi connectivity index (χ0n) is 9.62. The fourth-order valence-corrected chi connectivity index (χ4v) is 2.50. The topological polar surface area (TPSA) is 48.7 Å². The van der Waals surface area contributed by atoms with Crippen molar-refractivity contribution in [2.75, 3.05) is 5.32 Å². The molecule has 0 atom stereocenters. The van der Waals surface area contributed by atoms with E-state index in [0.29, 0.717) is 33.0 Å². The van der Waals surface area contributed by atoms with Crippen LogP contribution in [-0.2, 0) is 6.54 Å². The third kappa shape index (κ3) is 3.51. The maximum Gasteiger partial charge on any atom is 0.140 e. The molecule has 0 spiro atoms. The summed E-state index contributed by atoms with van der Waals surface area (Å²) in [7, 11) is 0. The molecule has 0 aliphatic carbocycles. The first kappa shape index (κ1) is 14.0. The van der Waals surface area contributed by atoms with Crippen LogP contribution in [0, 0.1) is 11.3 Å². The molecule has 1 aromatic carbocycles. The van der Waals surface area contributed by atoms with Gasteiger partial charge in [0.05, 0.1) is 15.7 Å². The van der Waals surface area contributed by atoms with E-state index in [0.717, 1.165) is 5.56 Å². The Morgan fingerprint density at radius 2 is 1.84 bits per heavy atom. The van der Waals surface area contributed by atoms with Gasteiger partial charge in [-0.25, -0.2) is 4.98 Å². The number of halogens is 3. The van der Waals surface area contributed by atoms with Gasteiger partial charge in [-0.15, -0.1) is 0 Å². The lowest BCUT2D eigenvalue weighted by Crippen LogP contribution is -2.01. The first-order valence-electron chi connectivity index (χ1n) is 5.33. The third-order valence-electron chi connectivity index (χ3n) is 2.42. The van der Waals surface area contributed by atoms with Crippen molar-refractivity contribution in [1.29, 1.82) is 5.26 Å². The van der Waals surface area contributed by atoms with Crippen LogP contribution in [0.3, 0.4) is 0 Å². The molecule has 6 heteroatoms. The standard InChI is InChI=1S/C13H8Cl3N3/c14-9-4-11(15)13(12(16)5-9)19-7-8-1-2-18-10(3-8)6-17/h1-5,19H,7H2. The van der Waals surface area contributed by atoms with E-state index in [2.05, 4.69) is 10.3 Å². The number of benzene rings is 1. The molecule has 0 amide bonds. The Bertz CT molecular complexity index is 627. The Hall–Kier alpha value is -1.47. The lowest BCUT2D eigenvalue weighted by Gasteiger charge is -2.11. The predicted octanol–water partition coefficient (Wildman–Crippen LogP) is 4.53. The average molecular weight is 313 g/mol. The summed E-state index contributed by atoms with van der Waals surface area (Å²) >= 11 is 18.0. The Morgan fingerprint density at radius 1 is 1.16 bits per heavy atom. The van der Waals surface area contributed by atoms with Crippen molar-refractivity contribution in [2.45, 2.75) is 6.54 Å². The number of nitriles is 1. The SMILES string of the molecule is N#Cc1cc(CNc2c(Cl)cc(Cl)cc2Cl)ccn1. The lowest BCUT2D eigenvalue weighted by atomic mass is 10.2. The van der Waals surface area contributed by atoms with Crippen LogP contribution >= 0.6 is 34.8 Å². The van der Waals surface area contributed by atoms with Crippen LogP contribution in [0.4, 0.5) is 5.69 Å². The van der Waals surface area contributed by atoms with Crippen molar-refractivity contribution in [3.63, 3.8) is 0 Å². The second-order valence-electron chi connectivity index (χ2n) is 3.76. The van der Waals surface area contributed by atoms with Crippen molar-refractivity contribution in [3.05, 3.63) is 56.8 Å². The van der Waals surface area contributed by atoms with Gasteiger partial charge >= 0.3 is 0 Å². The van der Waals surface area contributed by atoms with Gasteiger partial charge in [0.15, 0.2) is 0 Å². The highest BCUT2D eigenvalue weighted by molar-refractivity contribution is 6.41. The summed E-state index contributed by atoms with van der Waals surface area (Å²) in [6.07, 6.45) is 1.58. The van der Waals surface area contributed by atoms with Crippen LogP contribution in [0.1, 0.15) is 11.3 Å². The Labute approximate surface area is 125 Å². The number of hydrogen-bond acceptors (Lipinski definition) is 3. The van der Waals surface area contributed by atoms with E-state index in [-0.39, 0.29) is 0 Å². The van der Waals surface area contributed by atoms with Crippen molar-refractivity contribution < 1.29 is 0 Å². The molecule has 96 valence electrons. The first-order chi connectivity index (χ1) is 9.10. The maximum absolute atomic E-state index is 8.78. The highest BCUT2D eigenvalue weighted by atomic mass is 35.5. The highest BCUT2D eigenvalue weighted by Crippen LogP contribution is 2.33. The maximum atomic E-state index is 8.78. The van der Waals surface area contributed by atoms with E-state index in [1.807, 2.05) is 12.1 Å². The minimum atomic E-state index is 0.368. The van der Waals surface area contributed by atoms with Crippen LogP contribution in [0.25, 0.3) is 0 Å². The molecule has 19 heavy (non-hydrogen) atoms. The van der Waals surface area contributed by atoms with Crippen LogP contribution in [0.15, 0.2) is 30.5 Å². The van der Waals surface area contributed by atoms with Crippen molar-refractivity contribution in [2.24, 2.45) is 0 Å². The summed E-state index contributed by atoms with van der Waals surface area (Å²) in [5.74, 6) is 0. The minimum Gasteiger partial charge on any atom is -0.379 e. The zero-order valence-corrected chi connectivity index (χ0v) is 11.9. The van der Waals surface area contributed by atoms with E-state index < -0.39 is 0 Å². The molecule has 1 N–H and O–H groups in total. The largest absolute Gasteiger partial charge is 0.379 e. The molecule has 1 aromatic heterocycles. The van der Waals surface area contributed by atoms with Gasteiger partial charge in [0.1, 0.15) is 11.8 Å². The Morgan fingerprint density at radius 3 is 2.47 bits per heavy atom. The number of nitrogens with one attached hydrogen (secondary N) is 1. The molecule has 0 aliphatic heterocycles. The number of nitrogens with zero attached hydrogens (tertiary/aromatic N) is 2. The number of aromatic nitrogens is 1. The summed E-state index contributed by atoms with van der Waals surface area (Å²) in [5, 5.41) is 13.3. The summed E-state index contributed by atoms with van der Waals surface area (Å²) in [4.78, 5) is 3.90. The summed E-state index contributed by atoms with van der Waals surface area (Å²) in [5.41, 5.74) is 1.89. The molecule has 0 fully saturated rings. The second kappa shape index (κ2) is 6.12. The summed E-state index contributed by atoms with van der Waals surface area (Å²) in [6, 6.07) is 8.73. The average Bonchev–Trinajstić information content (AvgIpc) is 2.37. The molecule has 2 rings (SSSR count). The fraction of sp³-hybridized carbons (Fsp3) is 0.0769. The van der Waals surface area contributed by atoms with Gasteiger partial charge in [-0.2, -0.15) is 5.26 Å². The number of pyridine rings is 1. The smallest absolute Gasteiger partial charge is 0.140 e. The van der Waals surface area contributed by atoms with Crippen LogP contribution in [0.2, 0.25) is 15.1 Å². The summed E-state index contributed by atoms with van der Waals surface area (Å²) in [6.45, 7) is 0.484. The van der Waals surface area contributed by atoms with Crippen molar-refractivity contribution in [3.8, 4) is 6.07 Å². The van der Waals surface area contributed by atoms with Crippen LogP contribution < -0.4 is 5.32 Å². The molecule has 0 unspecified atom stereocenters. The molecular formula is C13H8Cl3N3. The van der Waals surface area contributed by atoms with Crippen LogP contribution in [0.5, 0.6) is 0 Å². The first-order valence-corrected chi connectivity index (χ1v) is 6.47. The molecule has 3 nitrogen and oxygen atoms in total. The van der Waals surface area contributed by atoms with Gasteiger partial charge in [-0.1, -0.05) is 34.8 Å². The lowest BCUT2D eigenvalue weighted by molar-refractivity contribution is 1.12. The zero-order chi connectivity index (χ0) is 13.8. The molecule has 1 heterocycles. The highest BCUT2D eigenvalue weighted by Gasteiger charge is 2.07. The fourth-order valence-electron chi connectivity index (χ4n) is 1.55. The molecule has 0 radical (unpaired) electrons. The second-order valence-corrected chi connectivity index (χ2v) is 5.01. The van der Waals surface area contributed by atoms with Crippen LogP contribution in [-0.4, -0.2) is 4.98 Å². The van der Waals surface area contributed by atoms with Gasteiger partial charge in [-0.3, -0.25) is 0 Å². The monoisotopic (exact) mass is 311 g/mol. The summed E-state index contributed by atoms with van der Waals surface area (Å²) < 4.78 is 0. The third-order valence-corrected chi connectivity index (χ3v) is 3.23. The number of anilines is 1. The van der Waals surface area contributed by atoms with Gasteiger partial charge in [0.2, 0.25) is 0 Å². The molecule has 0 aliphatic rings. The van der Waals surface area contributed by atoms with Crippen molar-refractivity contribution >= 4 is 40.5 Å². The molecule has 2 aromatic rings. The Balaban J connectivity index is 2.17. The van der Waals surface area contributed by atoms with E-state index in [9.17, 15) is 0 Å². The van der Waals surface area contributed by atoms with Gasteiger partial charge in [-0.05, 0) is 29.8 Å². The van der Waals surface area contributed by atoms with Gasteiger partial charge in [0.25, 0.3) is 0 Å². The van der Waals surface area contributed by atoms with E-state index in [4.69, 9.17) is 40.1 Å². The molecule has 0 saturated heterocycles. The Kier molecular flexibility index (Phi) is 4.49. The van der Waals surface area contributed by atoms with E-state index in [1.54, 1.807) is 24.4 Å². The predicted molar refractivity (Wildman–Crippen MR) is 77.8 cm³/mol. The quantitative estimate of drug-likeness (QED) is 0.906. The minimum absolute atomic E-state index is 0.368. The molecule has 0 saturated carbocycles. The molecular weight excluding hydrogens is 305 g/mol. The molecule has 0 bridgehead atoms. The number of hydrogen-bond donors (Lipinski definition) is 1. The normalized spacial score (nSPS) is 10.0.